The van der Waals surface area contributed by atoms with E-state index in [0.717, 1.165) is 27.0 Å². The van der Waals surface area contributed by atoms with Crippen molar-refractivity contribution in [2.24, 2.45) is 0 Å². The molecule has 0 unspecified atom stereocenters. The number of methoxy groups -OCH3 is 1. The Balaban J connectivity index is 2.49. The van der Waals surface area contributed by atoms with Crippen molar-refractivity contribution in [1.29, 1.82) is 0 Å². The van der Waals surface area contributed by atoms with Crippen molar-refractivity contribution in [3.05, 3.63) is 28.2 Å². The molecular weight excluding hydrogens is 272 g/mol. The maximum absolute atomic E-state index is 5.61. The summed E-state index contributed by atoms with van der Waals surface area (Å²) in [6.07, 6.45) is 0. The van der Waals surface area contributed by atoms with Gasteiger partial charge in [-0.15, -0.1) is 0 Å². The van der Waals surface area contributed by atoms with Crippen molar-refractivity contribution >= 4 is 21.8 Å². The predicted molar refractivity (Wildman–Crippen MR) is 65.3 cm³/mol. The monoisotopic (exact) mass is 282 g/mol. The second kappa shape index (κ2) is 4.17. The van der Waals surface area contributed by atoms with E-state index in [1.165, 1.54) is 0 Å². The van der Waals surface area contributed by atoms with Crippen molar-refractivity contribution in [3.63, 3.8) is 0 Å². The molecule has 2 rings (SSSR count). The highest BCUT2D eigenvalue weighted by Crippen LogP contribution is 2.32. The molecule has 0 radical (unpaired) electrons. The molecule has 1 aromatic heterocycles. The van der Waals surface area contributed by atoms with E-state index in [0.29, 0.717) is 5.88 Å². The minimum absolute atomic E-state index is 0.349. The van der Waals surface area contributed by atoms with Crippen LogP contribution in [0.1, 0.15) is 5.56 Å². The summed E-state index contributed by atoms with van der Waals surface area (Å²) in [6.45, 7) is 1.87. The van der Waals surface area contributed by atoms with E-state index < -0.39 is 0 Å². The number of nitrogen functional groups attached to an aromatic ring is 1. The van der Waals surface area contributed by atoms with Crippen molar-refractivity contribution < 1.29 is 9.26 Å². The fourth-order valence-electron chi connectivity index (χ4n) is 1.43. The van der Waals surface area contributed by atoms with E-state index in [2.05, 4.69) is 21.1 Å². The normalized spacial score (nSPS) is 10.4. The highest BCUT2D eigenvalue weighted by atomic mass is 79.9. The zero-order chi connectivity index (χ0) is 11.7. The predicted octanol–water partition coefficient (Wildman–Crippen LogP) is 3.00. The van der Waals surface area contributed by atoms with Crippen LogP contribution in [0.25, 0.3) is 11.3 Å². The number of halogens is 1. The van der Waals surface area contributed by atoms with E-state index in [9.17, 15) is 0 Å². The van der Waals surface area contributed by atoms with E-state index in [-0.39, 0.29) is 0 Å². The zero-order valence-corrected chi connectivity index (χ0v) is 10.5. The third kappa shape index (κ3) is 1.78. The quantitative estimate of drug-likeness (QED) is 0.920. The number of nitrogens with zero attached hydrogens (tertiary/aromatic N) is 1. The second-order valence-electron chi connectivity index (χ2n) is 3.37. The van der Waals surface area contributed by atoms with Crippen LogP contribution in [0, 0.1) is 6.92 Å². The number of rotatable bonds is 2. The van der Waals surface area contributed by atoms with Crippen molar-refractivity contribution in [3.8, 4) is 17.0 Å². The first-order valence-corrected chi connectivity index (χ1v) is 5.48. The van der Waals surface area contributed by atoms with E-state index in [1.807, 2.05) is 25.1 Å². The maximum Gasteiger partial charge on any atom is 0.225 e. The topological polar surface area (TPSA) is 61.3 Å². The Morgan fingerprint density at radius 2 is 2.19 bits per heavy atom. The molecule has 0 saturated carbocycles. The van der Waals surface area contributed by atoms with E-state index >= 15 is 0 Å². The second-order valence-corrected chi connectivity index (χ2v) is 4.22. The number of hydrogen-bond donors (Lipinski definition) is 1. The summed E-state index contributed by atoms with van der Waals surface area (Å²) in [5, 5.41) is 3.92. The fourth-order valence-corrected chi connectivity index (χ4v) is 1.97. The lowest BCUT2D eigenvalue weighted by atomic mass is 10.1. The Morgan fingerprint density at radius 1 is 1.44 bits per heavy atom. The highest BCUT2D eigenvalue weighted by Gasteiger charge is 2.12. The number of aromatic nitrogens is 1. The van der Waals surface area contributed by atoms with Crippen LogP contribution in [-0.4, -0.2) is 12.3 Å². The highest BCUT2D eigenvalue weighted by molar-refractivity contribution is 9.10. The minimum Gasteiger partial charge on any atom is -0.496 e. The zero-order valence-electron chi connectivity index (χ0n) is 8.95. The summed E-state index contributed by atoms with van der Waals surface area (Å²) in [6, 6.07) is 5.70. The molecule has 1 aromatic carbocycles. The molecular formula is C11H11BrN2O2. The molecule has 0 bridgehead atoms. The van der Waals surface area contributed by atoms with Crippen LogP contribution >= 0.6 is 15.9 Å². The van der Waals surface area contributed by atoms with Crippen LogP contribution in [0.2, 0.25) is 0 Å². The average molecular weight is 283 g/mol. The van der Waals surface area contributed by atoms with Gasteiger partial charge >= 0.3 is 0 Å². The molecule has 0 aliphatic rings. The van der Waals surface area contributed by atoms with Gasteiger partial charge in [-0.25, -0.2) is 0 Å². The summed E-state index contributed by atoms with van der Waals surface area (Å²) in [4.78, 5) is 0. The van der Waals surface area contributed by atoms with E-state index in [4.69, 9.17) is 15.0 Å². The molecule has 2 N–H and O–H groups in total. The minimum atomic E-state index is 0.349. The molecule has 0 aliphatic heterocycles. The van der Waals surface area contributed by atoms with Crippen molar-refractivity contribution in [2.75, 3.05) is 12.8 Å². The molecule has 0 spiro atoms. The molecule has 16 heavy (non-hydrogen) atoms. The molecule has 0 fully saturated rings. The van der Waals surface area contributed by atoms with Gasteiger partial charge in [-0.1, -0.05) is 5.16 Å². The van der Waals surface area contributed by atoms with Gasteiger partial charge in [0.05, 0.1) is 11.6 Å². The fraction of sp³-hybridized carbons (Fsp3) is 0.182. The van der Waals surface area contributed by atoms with Gasteiger partial charge in [0, 0.05) is 11.1 Å². The van der Waals surface area contributed by atoms with Crippen molar-refractivity contribution in [1.82, 2.24) is 5.16 Å². The standard InChI is InChI=1S/C11H11BrN2O2/c1-6-10(14-16-11(6)13)7-3-4-9(15-2)8(12)5-7/h3-5H,13H2,1-2H3. The molecule has 0 saturated heterocycles. The van der Waals surface area contributed by atoms with Gasteiger partial charge < -0.3 is 15.0 Å². The van der Waals surface area contributed by atoms with Crippen LogP contribution < -0.4 is 10.5 Å². The number of nitrogens with two attached hydrogens (primary N) is 1. The lowest BCUT2D eigenvalue weighted by Gasteiger charge is -2.04. The van der Waals surface area contributed by atoms with Crippen LogP contribution in [0.3, 0.4) is 0 Å². The first-order valence-electron chi connectivity index (χ1n) is 4.69. The lowest BCUT2D eigenvalue weighted by molar-refractivity contribution is 0.412. The van der Waals surface area contributed by atoms with Gasteiger partial charge in [0.15, 0.2) is 0 Å². The van der Waals surface area contributed by atoms with Gasteiger partial charge in [0.2, 0.25) is 5.88 Å². The summed E-state index contributed by atoms with van der Waals surface area (Å²) in [7, 11) is 1.62. The Bertz CT molecular complexity index is 523. The Labute approximate surface area is 102 Å². The molecule has 4 nitrogen and oxygen atoms in total. The molecule has 2 aromatic rings. The number of hydrogen-bond acceptors (Lipinski definition) is 4. The molecule has 0 atom stereocenters. The Kier molecular flexibility index (Phi) is 2.87. The lowest BCUT2D eigenvalue weighted by Crippen LogP contribution is -1.87. The SMILES string of the molecule is COc1ccc(-c2noc(N)c2C)cc1Br. The van der Waals surface area contributed by atoms with E-state index in [1.54, 1.807) is 7.11 Å². The number of ether oxygens (including phenoxy) is 1. The molecule has 5 heteroatoms. The third-order valence-corrected chi connectivity index (χ3v) is 3.01. The first kappa shape index (κ1) is 11.0. The van der Waals surface area contributed by atoms with Crippen LogP contribution in [0.15, 0.2) is 27.2 Å². The van der Waals surface area contributed by atoms with Crippen LogP contribution in [0.5, 0.6) is 5.75 Å². The van der Waals surface area contributed by atoms with Crippen LogP contribution in [0.4, 0.5) is 5.88 Å². The van der Waals surface area contributed by atoms with Gasteiger partial charge in [-0.2, -0.15) is 0 Å². The molecule has 84 valence electrons. The summed E-state index contributed by atoms with van der Waals surface area (Å²) in [5.41, 5.74) is 8.14. The summed E-state index contributed by atoms with van der Waals surface area (Å²) < 4.78 is 11.0. The summed E-state index contributed by atoms with van der Waals surface area (Å²) in [5.74, 6) is 1.12. The maximum atomic E-state index is 5.61. The van der Waals surface area contributed by atoms with Gasteiger partial charge in [0.1, 0.15) is 11.4 Å². The Hall–Kier alpha value is -1.49. The van der Waals surface area contributed by atoms with Crippen molar-refractivity contribution in [2.45, 2.75) is 6.92 Å². The smallest absolute Gasteiger partial charge is 0.225 e. The number of benzene rings is 1. The first-order chi connectivity index (χ1) is 7.63. The third-order valence-electron chi connectivity index (χ3n) is 2.39. The molecule has 1 heterocycles. The molecule has 0 aliphatic carbocycles. The van der Waals surface area contributed by atoms with Gasteiger partial charge in [-0.05, 0) is 41.1 Å². The molecule has 0 amide bonds. The largest absolute Gasteiger partial charge is 0.496 e. The number of anilines is 1. The Morgan fingerprint density at radius 3 is 2.69 bits per heavy atom. The van der Waals surface area contributed by atoms with Crippen LogP contribution in [-0.2, 0) is 0 Å². The van der Waals surface area contributed by atoms with Gasteiger partial charge in [0.25, 0.3) is 0 Å². The summed E-state index contributed by atoms with van der Waals surface area (Å²) >= 11 is 3.42. The van der Waals surface area contributed by atoms with Gasteiger partial charge in [-0.3, -0.25) is 0 Å². The average Bonchev–Trinajstić information content (AvgIpc) is 2.60.